The fraction of sp³-hybridized carbons (Fsp3) is 1.00. The summed E-state index contributed by atoms with van der Waals surface area (Å²) in [6.45, 7) is 7.80. The van der Waals surface area contributed by atoms with E-state index in [9.17, 15) is 0 Å². The van der Waals surface area contributed by atoms with Crippen molar-refractivity contribution in [3.05, 3.63) is 0 Å². The van der Waals surface area contributed by atoms with Gasteiger partial charge < -0.3 is 10.1 Å². The molecule has 0 amide bonds. The molecule has 0 spiro atoms. The van der Waals surface area contributed by atoms with Crippen LogP contribution in [0.1, 0.15) is 59.3 Å². The van der Waals surface area contributed by atoms with Crippen molar-refractivity contribution in [1.29, 1.82) is 0 Å². The minimum absolute atomic E-state index is 0.359. The Morgan fingerprint density at radius 2 is 1.71 bits per heavy atom. The predicted molar refractivity (Wildman–Crippen MR) is 74.3 cm³/mol. The largest absolute Gasteiger partial charge is 0.380 e. The molecule has 1 fully saturated rings. The first-order valence-corrected chi connectivity index (χ1v) is 7.46. The van der Waals surface area contributed by atoms with Gasteiger partial charge in [0.2, 0.25) is 0 Å². The van der Waals surface area contributed by atoms with Gasteiger partial charge in [-0.2, -0.15) is 0 Å². The molecule has 1 aliphatic carbocycles. The molecule has 0 bridgehead atoms. The number of likely N-dealkylation sites (N-methyl/N-ethyl adjacent to an activating group) is 1. The van der Waals surface area contributed by atoms with Crippen molar-refractivity contribution < 1.29 is 4.74 Å². The van der Waals surface area contributed by atoms with Crippen LogP contribution in [0.15, 0.2) is 0 Å². The van der Waals surface area contributed by atoms with Gasteiger partial charge in [-0.05, 0) is 31.2 Å². The molecule has 17 heavy (non-hydrogen) atoms. The summed E-state index contributed by atoms with van der Waals surface area (Å²) in [5, 5.41) is 3.69. The number of methoxy groups -OCH3 is 1. The third-order valence-electron chi connectivity index (χ3n) is 4.13. The zero-order chi connectivity index (χ0) is 12.7. The summed E-state index contributed by atoms with van der Waals surface area (Å²) in [5.41, 5.74) is 0. The molecule has 1 saturated carbocycles. The highest BCUT2D eigenvalue weighted by molar-refractivity contribution is 4.86. The van der Waals surface area contributed by atoms with Crippen molar-refractivity contribution in [3.63, 3.8) is 0 Å². The Balaban J connectivity index is 2.67. The van der Waals surface area contributed by atoms with Crippen LogP contribution in [-0.2, 0) is 4.74 Å². The van der Waals surface area contributed by atoms with Gasteiger partial charge in [0.1, 0.15) is 0 Å². The summed E-state index contributed by atoms with van der Waals surface area (Å²) < 4.78 is 5.76. The van der Waals surface area contributed by atoms with Gasteiger partial charge in [-0.25, -0.2) is 0 Å². The van der Waals surface area contributed by atoms with Crippen LogP contribution >= 0.6 is 0 Å². The van der Waals surface area contributed by atoms with E-state index in [1.165, 1.54) is 38.5 Å². The standard InChI is InChI=1S/C15H31NO/c1-5-16-14(15(17-4)12(2)3)13-10-8-6-7-9-11-13/h12-16H,5-11H2,1-4H3. The van der Waals surface area contributed by atoms with E-state index >= 15 is 0 Å². The number of ether oxygens (including phenoxy) is 1. The van der Waals surface area contributed by atoms with Crippen LogP contribution in [0.25, 0.3) is 0 Å². The second-order valence-electron chi connectivity index (χ2n) is 5.78. The molecule has 2 atom stereocenters. The number of hydrogen-bond acceptors (Lipinski definition) is 2. The normalized spacial score (nSPS) is 22.4. The number of nitrogens with one attached hydrogen (secondary N) is 1. The van der Waals surface area contributed by atoms with Crippen LogP contribution in [0.2, 0.25) is 0 Å². The quantitative estimate of drug-likeness (QED) is 0.717. The topological polar surface area (TPSA) is 21.3 Å². The van der Waals surface area contributed by atoms with Crippen LogP contribution in [0.4, 0.5) is 0 Å². The molecule has 0 aromatic heterocycles. The Bertz CT molecular complexity index is 185. The van der Waals surface area contributed by atoms with Crippen LogP contribution < -0.4 is 5.32 Å². The second kappa shape index (κ2) is 8.10. The highest BCUT2D eigenvalue weighted by Gasteiger charge is 2.31. The maximum Gasteiger partial charge on any atom is 0.0749 e. The second-order valence-corrected chi connectivity index (χ2v) is 5.78. The Morgan fingerprint density at radius 3 is 2.12 bits per heavy atom. The maximum absolute atomic E-state index is 5.76. The lowest BCUT2D eigenvalue weighted by Crippen LogP contribution is -2.48. The number of hydrogen-bond donors (Lipinski definition) is 1. The molecule has 1 N–H and O–H groups in total. The lowest BCUT2D eigenvalue weighted by atomic mass is 9.84. The van der Waals surface area contributed by atoms with E-state index in [4.69, 9.17) is 4.74 Å². The first-order valence-electron chi connectivity index (χ1n) is 7.46. The highest BCUT2D eigenvalue weighted by atomic mass is 16.5. The smallest absolute Gasteiger partial charge is 0.0749 e. The molecule has 2 unspecified atom stereocenters. The molecule has 0 aromatic rings. The lowest BCUT2D eigenvalue weighted by Gasteiger charge is -2.35. The Hall–Kier alpha value is -0.0800. The van der Waals surface area contributed by atoms with Gasteiger partial charge in [0.15, 0.2) is 0 Å². The Kier molecular flexibility index (Phi) is 7.14. The molecule has 0 heterocycles. The average molecular weight is 241 g/mol. The SMILES string of the molecule is CCNC(C1CCCCCC1)C(OC)C(C)C. The highest BCUT2D eigenvalue weighted by Crippen LogP contribution is 2.29. The fourth-order valence-corrected chi connectivity index (χ4v) is 3.29. The third kappa shape index (κ3) is 4.59. The summed E-state index contributed by atoms with van der Waals surface area (Å²) in [6, 6.07) is 0.545. The number of rotatable bonds is 6. The molecule has 0 radical (unpaired) electrons. The Morgan fingerprint density at radius 1 is 1.12 bits per heavy atom. The van der Waals surface area contributed by atoms with Gasteiger partial charge >= 0.3 is 0 Å². The van der Waals surface area contributed by atoms with Crippen molar-refractivity contribution >= 4 is 0 Å². The summed E-state index contributed by atoms with van der Waals surface area (Å²) in [7, 11) is 1.87. The van der Waals surface area contributed by atoms with E-state index in [2.05, 4.69) is 26.1 Å². The van der Waals surface area contributed by atoms with Crippen molar-refractivity contribution in [3.8, 4) is 0 Å². The average Bonchev–Trinajstić information content (AvgIpc) is 2.57. The molecular weight excluding hydrogens is 210 g/mol. The van der Waals surface area contributed by atoms with E-state index in [1.54, 1.807) is 0 Å². The molecule has 102 valence electrons. The monoisotopic (exact) mass is 241 g/mol. The first-order chi connectivity index (χ1) is 8.20. The molecule has 1 rings (SSSR count). The van der Waals surface area contributed by atoms with Gasteiger partial charge in [0, 0.05) is 13.2 Å². The summed E-state index contributed by atoms with van der Waals surface area (Å²) in [5.74, 6) is 1.40. The van der Waals surface area contributed by atoms with Crippen molar-refractivity contribution in [1.82, 2.24) is 5.32 Å². The van der Waals surface area contributed by atoms with E-state index < -0.39 is 0 Å². The van der Waals surface area contributed by atoms with Crippen LogP contribution in [0, 0.1) is 11.8 Å². The molecular formula is C15H31NO. The minimum Gasteiger partial charge on any atom is -0.380 e. The van der Waals surface area contributed by atoms with Crippen molar-refractivity contribution in [2.45, 2.75) is 71.4 Å². The molecule has 2 heteroatoms. The van der Waals surface area contributed by atoms with Gasteiger partial charge in [-0.1, -0.05) is 46.5 Å². The van der Waals surface area contributed by atoms with Crippen molar-refractivity contribution in [2.75, 3.05) is 13.7 Å². The molecule has 0 aliphatic heterocycles. The van der Waals surface area contributed by atoms with Gasteiger partial charge in [-0.3, -0.25) is 0 Å². The molecule has 0 aromatic carbocycles. The van der Waals surface area contributed by atoms with E-state index in [0.29, 0.717) is 18.1 Å². The maximum atomic E-state index is 5.76. The lowest BCUT2D eigenvalue weighted by molar-refractivity contribution is 0.0126. The Labute approximate surface area is 108 Å². The summed E-state index contributed by atoms with van der Waals surface area (Å²) >= 11 is 0. The van der Waals surface area contributed by atoms with Crippen LogP contribution in [-0.4, -0.2) is 25.8 Å². The van der Waals surface area contributed by atoms with Gasteiger partial charge in [0.05, 0.1) is 6.10 Å². The zero-order valence-electron chi connectivity index (χ0n) is 12.2. The van der Waals surface area contributed by atoms with Crippen molar-refractivity contribution in [2.24, 2.45) is 11.8 Å². The molecule has 1 aliphatic rings. The first kappa shape index (κ1) is 15.0. The van der Waals surface area contributed by atoms with E-state index in [0.717, 1.165) is 12.5 Å². The van der Waals surface area contributed by atoms with Crippen LogP contribution in [0.5, 0.6) is 0 Å². The van der Waals surface area contributed by atoms with Gasteiger partial charge in [-0.15, -0.1) is 0 Å². The minimum atomic E-state index is 0.359. The summed E-state index contributed by atoms with van der Waals surface area (Å²) in [4.78, 5) is 0. The molecule has 2 nitrogen and oxygen atoms in total. The van der Waals surface area contributed by atoms with E-state index in [1.807, 2.05) is 7.11 Å². The molecule has 0 saturated heterocycles. The predicted octanol–water partition coefficient (Wildman–Crippen LogP) is 3.61. The van der Waals surface area contributed by atoms with Crippen LogP contribution in [0.3, 0.4) is 0 Å². The van der Waals surface area contributed by atoms with Gasteiger partial charge in [0.25, 0.3) is 0 Å². The van der Waals surface area contributed by atoms with E-state index in [-0.39, 0.29) is 0 Å². The summed E-state index contributed by atoms with van der Waals surface area (Å²) in [6.07, 6.45) is 8.78. The zero-order valence-corrected chi connectivity index (χ0v) is 12.2. The third-order valence-corrected chi connectivity index (χ3v) is 4.13. The fourth-order valence-electron chi connectivity index (χ4n) is 3.29.